The van der Waals surface area contributed by atoms with Crippen molar-refractivity contribution in [2.45, 2.75) is 13.3 Å². The molecule has 2 aliphatic heterocycles. The lowest BCUT2D eigenvalue weighted by molar-refractivity contribution is 0.546. The van der Waals surface area contributed by atoms with E-state index in [0.717, 1.165) is 48.0 Å². The predicted octanol–water partition coefficient (Wildman–Crippen LogP) is 3.54. The van der Waals surface area contributed by atoms with E-state index < -0.39 is 0 Å². The molecule has 0 unspecified atom stereocenters. The minimum atomic E-state index is 0.904. The van der Waals surface area contributed by atoms with Crippen molar-refractivity contribution in [1.29, 1.82) is 0 Å². The highest BCUT2D eigenvalue weighted by atomic mass is 15.3. The molecule has 2 aromatic rings. The van der Waals surface area contributed by atoms with Gasteiger partial charge in [0.25, 0.3) is 0 Å². The SMILES string of the molecule is Cc1ccc(C2=Nc3ccccc3C3=NCCCN23)cc1. The molecule has 0 spiro atoms. The Morgan fingerprint density at radius 3 is 2.62 bits per heavy atom. The Kier molecular flexibility index (Phi) is 2.85. The summed E-state index contributed by atoms with van der Waals surface area (Å²) in [5, 5.41) is 0. The van der Waals surface area contributed by atoms with E-state index in [2.05, 4.69) is 54.3 Å². The van der Waals surface area contributed by atoms with Crippen molar-refractivity contribution in [3.8, 4) is 0 Å². The molecule has 3 heteroatoms. The summed E-state index contributed by atoms with van der Waals surface area (Å²) in [5.74, 6) is 2.09. The number of amidine groups is 2. The van der Waals surface area contributed by atoms with Crippen molar-refractivity contribution in [2.75, 3.05) is 13.1 Å². The van der Waals surface area contributed by atoms with E-state index in [-0.39, 0.29) is 0 Å². The summed E-state index contributed by atoms with van der Waals surface area (Å²) >= 11 is 0. The fourth-order valence-electron chi connectivity index (χ4n) is 2.90. The minimum Gasteiger partial charge on any atom is -0.310 e. The Morgan fingerprint density at radius 1 is 0.952 bits per heavy atom. The van der Waals surface area contributed by atoms with E-state index in [9.17, 15) is 0 Å². The van der Waals surface area contributed by atoms with Gasteiger partial charge in [0.15, 0.2) is 0 Å². The Morgan fingerprint density at radius 2 is 1.76 bits per heavy atom. The maximum atomic E-state index is 4.89. The topological polar surface area (TPSA) is 28.0 Å². The van der Waals surface area contributed by atoms with Crippen LogP contribution in [0.3, 0.4) is 0 Å². The summed E-state index contributed by atoms with van der Waals surface area (Å²) in [7, 11) is 0. The Hall–Kier alpha value is -2.42. The maximum absolute atomic E-state index is 4.89. The zero-order valence-electron chi connectivity index (χ0n) is 12.1. The normalized spacial score (nSPS) is 16.7. The van der Waals surface area contributed by atoms with Crippen molar-refractivity contribution in [2.24, 2.45) is 9.98 Å². The quantitative estimate of drug-likeness (QED) is 0.782. The summed E-state index contributed by atoms with van der Waals surface area (Å²) in [6, 6.07) is 16.8. The predicted molar refractivity (Wildman–Crippen MR) is 86.5 cm³/mol. The molecule has 104 valence electrons. The monoisotopic (exact) mass is 275 g/mol. The number of benzene rings is 2. The number of para-hydroxylation sites is 1. The summed E-state index contributed by atoms with van der Waals surface area (Å²) in [6.07, 6.45) is 1.08. The van der Waals surface area contributed by atoms with E-state index in [1.165, 1.54) is 5.56 Å². The molecule has 0 amide bonds. The van der Waals surface area contributed by atoms with E-state index in [4.69, 9.17) is 9.98 Å². The summed E-state index contributed by atoms with van der Waals surface area (Å²) < 4.78 is 0. The molecule has 4 rings (SSSR count). The van der Waals surface area contributed by atoms with Crippen LogP contribution in [0.1, 0.15) is 23.1 Å². The fraction of sp³-hybridized carbons (Fsp3) is 0.222. The minimum absolute atomic E-state index is 0.904. The largest absolute Gasteiger partial charge is 0.310 e. The third kappa shape index (κ3) is 2.05. The number of rotatable bonds is 1. The zero-order valence-corrected chi connectivity index (χ0v) is 12.1. The lowest BCUT2D eigenvalue weighted by Crippen LogP contribution is -2.43. The smallest absolute Gasteiger partial charge is 0.142 e. The van der Waals surface area contributed by atoms with E-state index in [1.807, 2.05) is 6.07 Å². The van der Waals surface area contributed by atoms with Gasteiger partial charge < -0.3 is 4.90 Å². The van der Waals surface area contributed by atoms with Crippen molar-refractivity contribution in [1.82, 2.24) is 4.90 Å². The first-order valence-corrected chi connectivity index (χ1v) is 7.40. The Balaban J connectivity index is 1.90. The molecule has 0 aromatic heterocycles. The van der Waals surface area contributed by atoms with Gasteiger partial charge in [-0.05, 0) is 25.5 Å². The van der Waals surface area contributed by atoms with Gasteiger partial charge in [0.2, 0.25) is 0 Å². The molecule has 0 atom stereocenters. The number of aliphatic imine (C=N–C) groups is 2. The van der Waals surface area contributed by atoms with Crippen molar-refractivity contribution in [3.05, 3.63) is 65.2 Å². The second kappa shape index (κ2) is 4.85. The molecule has 0 fully saturated rings. The van der Waals surface area contributed by atoms with Crippen LogP contribution in [0.15, 0.2) is 58.5 Å². The van der Waals surface area contributed by atoms with Crippen LogP contribution in [0.25, 0.3) is 0 Å². The maximum Gasteiger partial charge on any atom is 0.142 e. The second-order valence-electron chi connectivity index (χ2n) is 5.53. The van der Waals surface area contributed by atoms with Gasteiger partial charge in [-0.3, -0.25) is 4.99 Å². The molecule has 21 heavy (non-hydrogen) atoms. The van der Waals surface area contributed by atoms with Gasteiger partial charge in [-0.2, -0.15) is 0 Å². The average Bonchev–Trinajstić information content (AvgIpc) is 2.55. The molecule has 0 N–H and O–H groups in total. The highest BCUT2D eigenvalue weighted by molar-refractivity contribution is 6.20. The number of nitrogens with zero attached hydrogens (tertiary/aromatic N) is 3. The average molecular weight is 275 g/mol. The number of hydrogen-bond acceptors (Lipinski definition) is 3. The van der Waals surface area contributed by atoms with Gasteiger partial charge in [0.05, 0.1) is 5.69 Å². The third-order valence-electron chi connectivity index (χ3n) is 3.99. The molecule has 0 bridgehead atoms. The van der Waals surface area contributed by atoms with Crippen LogP contribution in [0.4, 0.5) is 5.69 Å². The van der Waals surface area contributed by atoms with Crippen molar-refractivity contribution >= 4 is 17.4 Å². The van der Waals surface area contributed by atoms with Crippen LogP contribution in [-0.4, -0.2) is 29.7 Å². The van der Waals surface area contributed by atoms with Gasteiger partial charge >= 0.3 is 0 Å². The number of hydrogen-bond donors (Lipinski definition) is 0. The summed E-state index contributed by atoms with van der Waals surface area (Å²) in [4.78, 5) is 11.9. The highest BCUT2D eigenvalue weighted by Gasteiger charge is 2.28. The summed E-state index contributed by atoms with van der Waals surface area (Å²) in [5.41, 5.74) is 4.59. The molecule has 0 aliphatic carbocycles. The Labute approximate surface area is 124 Å². The van der Waals surface area contributed by atoms with E-state index in [0.29, 0.717) is 0 Å². The van der Waals surface area contributed by atoms with Gasteiger partial charge in [-0.1, -0.05) is 42.0 Å². The molecule has 3 nitrogen and oxygen atoms in total. The van der Waals surface area contributed by atoms with Gasteiger partial charge in [0, 0.05) is 24.2 Å². The first-order chi connectivity index (χ1) is 10.3. The molecule has 0 saturated carbocycles. The first-order valence-electron chi connectivity index (χ1n) is 7.40. The van der Waals surface area contributed by atoms with Crippen LogP contribution in [0.2, 0.25) is 0 Å². The molecule has 2 aromatic carbocycles. The zero-order chi connectivity index (χ0) is 14.2. The second-order valence-corrected chi connectivity index (χ2v) is 5.53. The number of aryl methyl sites for hydroxylation is 1. The van der Waals surface area contributed by atoms with Crippen LogP contribution >= 0.6 is 0 Å². The lowest BCUT2D eigenvalue weighted by Gasteiger charge is -2.34. The third-order valence-corrected chi connectivity index (χ3v) is 3.99. The first kappa shape index (κ1) is 12.3. The molecule has 0 saturated heterocycles. The highest BCUT2D eigenvalue weighted by Crippen LogP contribution is 2.30. The van der Waals surface area contributed by atoms with E-state index in [1.54, 1.807) is 0 Å². The molecule has 2 aliphatic rings. The van der Waals surface area contributed by atoms with Crippen LogP contribution < -0.4 is 0 Å². The van der Waals surface area contributed by atoms with Crippen LogP contribution in [0.5, 0.6) is 0 Å². The van der Waals surface area contributed by atoms with Gasteiger partial charge in [-0.15, -0.1) is 0 Å². The molecular formula is C18H17N3. The van der Waals surface area contributed by atoms with Gasteiger partial charge in [-0.25, -0.2) is 4.99 Å². The van der Waals surface area contributed by atoms with Crippen molar-refractivity contribution in [3.63, 3.8) is 0 Å². The number of fused-ring (bicyclic) bond motifs is 3. The van der Waals surface area contributed by atoms with Crippen LogP contribution in [-0.2, 0) is 0 Å². The van der Waals surface area contributed by atoms with E-state index >= 15 is 0 Å². The summed E-state index contributed by atoms with van der Waals surface area (Å²) in [6.45, 7) is 4.00. The Bertz CT molecular complexity index is 741. The molecule has 0 radical (unpaired) electrons. The van der Waals surface area contributed by atoms with Gasteiger partial charge in [0.1, 0.15) is 11.7 Å². The molecule has 2 heterocycles. The fourth-order valence-corrected chi connectivity index (χ4v) is 2.90. The molecular weight excluding hydrogens is 258 g/mol. The lowest BCUT2D eigenvalue weighted by atomic mass is 10.0. The standard InChI is InChI=1S/C18H17N3/c1-13-7-9-14(10-8-13)17-20-16-6-3-2-5-15(16)18-19-11-4-12-21(17)18/h2-3,5-10H,4,11-12H2,1H3. The van der Waals surface area contributed by atoms with Crippen LogP contribution in [0, 0.1) is 6.92 Å². The van der Waals surface area contributed by atoms with Crippen molar-refractivity contribution < 1.29 is 0 Å².